The maximum Gasteiger partial charge on any atom is 0.0233 e. The van der Waals surface area contributed by atoms with E-state index in [4.69, 9.17) is 0 Å². The number of nitrogens with zero attached hydrogens (tertiary/aromatic N) is 1. The van der Waals surface area contributed by atoms with Gasteiger partial charge in [-0.15, -0.1) is 0 Å². The Balaban J connectivity index is 1.45. The Kier molecular flexibility index (Phi) is 5.54. The first-order valence-electron chi connectivity index (χ1n) is 10.4. The molecule has 1 N–H and O–H groups in total. The summed E-state index contributed by atoms with van der Waals surface area (Å²) in [5.41, 5.74) is 1.48. The number of likely N-dealkylation sites (tertiary alicyclic amines) is 1. The van der Waals surface area contributed by atoms with E-state index in [0.29, 0.717) is 0 Å². The molecule has 1 saturated carbocycles. The van der Waals surface area contributed by atoms with Gasteiger partial charge in [-0.25, -0.2) is 0 Å². The molecule has 3 aliphatic rings. The van der Waals surface area contributed by atoms with Crippen LogP contribution in [0.5, 0.6) is 0 Å². The van der Waals surface area contributed by atoms with Crippen molar-refractivity contribution in [1.82, 2.24) is 10.2 Å². The molecule has 4 rings (SSSR count). The van der Waals surface area contributed by atoms with Crippen LogP contribution in [-0.2, 0) is 6.54 Å². The summed E-state index contributed by atoms with van der Waals surface area (Å²) in [5.74, 6) is 3.73. The maximum absolute atomic E-state index is 3.84. The Labute approximate surface area is 148 Å². The zero-order valence-corrected chi connectivity index (χ0v) is 15.1. The van der Waals surface area contributed by atoms with Gasteiger partial charge in [-0.3, -0.25) is 4.90 Å². The predicted molar refractivity (Wildman–Crippen MR) is 101 cm³/mol. The van der Waals surface area contributed by atoms with Crippen LogP contribution in [0.15, 0.2) is 30.3 Å². The summed E-state index contributed by atoms with van der Waals surface area (Å²) in [6.45, 7) is 6.32. The molecule has 0 amide bonds. The molecule has 2 saturated heterocycles. The average Bonchev–Trinajstić information content (AvgIpc) is 2.97. The topological polar surface area (TPSA) is 15.3 Å². The third kappa shape index (κ3) is 3.86. The van der Waals surface area contributed by atoms with E-state index < -0.39 is 0 Å². The first-order valence-corrected chi connectivity index (χ1v) is 10.4. The summed E-state index contributed by atoms with van der Waals surface area (Å²) in [7, 11) is 0. The van der Waals surface area contributed by atoms with Crippen molar-refractivity contribution in [1.29, 1.82) is 0 Å². The Morgan fingerprint density at radius 2 is 1.54 bits per heavy atom. The van der Waals surface area contributed by atoms with Gasteiger partial charge in [0.1, 0.15) is 0 Å². The summed E-state index contributed by atoms with van der Waals surface area (Å²) in [5, 5.41) is 3.84. The minimum Gasteiger partial charge on any atom is -0.316 e. The highest BCUT2D eigenvalue weighted by atomic mass is 15.2. The van der Waals surface area contributed by atoms with Crippen LogP contribution in [0.2, 0.25) is 0 Å². The van der Waals surface area contributed by atoms with Crippen LogP contribution in [0, 0.1) is 23.7 Å². The lowest BCUT2D eigenvalue weighted by Gasteiger charge is -2.31. The number of fused-ring (bicyclic) bond motifs is 3. The van der Waals surface area contributed by atoms with Crippen molar-refractivity contribution in [2.75, 3.05) is 26.2 Å². The van der Waals surface area contributed by atoms with Gasteiger partial charge in [0.25, 0.3) is 0 Å². The molecule has 132 valence electrons. The molecular formula is C22H34N2. The van der Waals surface area contributed by atoms with Crippen molar-refractivity contribution in [3.63, 3.8) is 0 Å². The van der Waals surface area contributed by atoms with E-state index in [2.05, 4.69) is 40.5 Å². The highest BCUT2D eigenvalue weighted by Gasteiger charge is 2.42. The van der Waals surface area contributed by atoms with Crippen LogP contribution in [0.1, 0.15) is 50.5 Å². The summed E-state index contributed by atoms with van der Waals surface area (Å²) >= 11 is 0. The van der Waals surface area contributed by atoms with Gasteiger partial charge in [0.2, 0.25) is 0 Å². The van der Waals surface area contributed by atoms with Gasteiger partial charge < -0.3 is 5.32 Å². The average molecular weight is 327 g/mol. The van der Waals surface area contributed by atoms with Crippen molar-refractivity contribution in [3.8, 4) is 0 Å². The monoisotopic (exact) mass is 326 g/mol. The SMILES string of the molecule is c1ccc(CN2CC3CNCC4CCCCCCCC4C3C2)cc1. The molecule has 4 unspecified atom stereocenters. The Morgan fingerprint density at radius 3 is 2.42 bits per heavy atom. The molecule has 2 nitrogen and oxygen atoms in total. The lowest BCUT2D eigenvalue weighted by Crippen LogP contribution is -2.30. The molecular weight excluding hydrogens is 292 g/mol. The summed E-state index contributed by atoms with van der Waals surface area (Å²) in [6, 6.07) is 11.1. The molecule has 2 heteroatoms. The quantitative estimate of drug-likeness (QED) is 0.871. The second kappa shape index (κ2) is 8.01. The Morgan fingerprint density at radius 1 is 0.792 bits per heavy atom. The fourth-order valence-electron chi connectivity index (χ4n) is 5.70. The van der Waals surface area contributed by atoms with E-state index in [0.717, 1.165) is 30.2 Å². The third-order valence-corrected chi connectivity index (χ3v) is 6.90. The van der Waals surface area contributed by atoms with Crippen LogP contribution in [0.3, 0.4) is 0 Å². The minimum atomic E-state index is 0.879. The largest absolute Gasteiger partial charge is 0.316 e. The molecule has 24 heavy (non-hydrogen) atoms. The fourth-order valence-corrected chi connectivity index (χ4v) is 5.70. The third-order valence-electron chi connectivity index (χ3n) is 6.90. The fraction of sp³-hybridized carbons (Fsp3) is 0.727. The van der Waals surface area contributed by atoms with Crippen LogP contribution in [0.4, 0.5) is 0 Å². The van der Waals surface area contributed by atoms with Crippen molar-refractivity contribution in [3.05, 3.63) is 35.9 Å². The highest BCUT2D eigenvalue weighted by molar-refractivity contribution is 5.15. The molecule has 0 radical (unpaired) electrons. The lowest BCUT2D eigenvalue weighted by molar-refractivity contribution is 0.189. The van der Waals surface area contributed by atoms with Crippen molar-refractivity contribution in [2.45, 2.75) is 51.5 Å². The standard InChI is InChI=1S/C22H34N2/c1-2-7-11-19-13-23-14-20-16-24(15-18-9-5-4-6-10-18)17-22(20)21(19)12-8-3-1/h4-6,9-10,19-23H,1-3,7-8,11-17H2. The van der Waals surface area contributed by atoms with E-state index in [9.17, 15) is 0 Å². The van der Waals surface area contributed by atoms with E-state index in [1.165, 1.54) is 76.7 Å². The van der Waals surface area contributed by atoms with Crippen LogP contribution >= 0.6 is 0 Å². The molecule has 2 heterocycles. The Hall–Kier alpha value is -0.860. The van der Waals surface area contributed by atoms with E-state index in [1.54, 1.807) is 0 Å². The molecule has 0 bridgehead atoms. The van der Waals surface area contributed by atoms with Gasteiger partial charge in [-0.05, 0) is 55.2 Å². The maximum atomic E-state index is 3.84. The van der Waals surface area contributed by atoms with E-state index in [1.807, 2.05) is 0 Å². The number of hydrogen-bond acceptors (Lipinski definition) is 2. The minimum absolute atomic E-state index is 0.879. The molecule has 0 spiro atoms. The number of benzene rings is 1. The van der Waals surface area contributed by atoms with Crippen LogP contribution in [-0.4, -0.2) is 31.1 Å². The zero-order valence-electron chi connectivity index (χ0n) is 15.1. The first-order chi connectivity index (χ1) is 11.9. The van der Waals surface area contributed by atoms with Gasteiger partial charge >= 0.3 is 0 Å². The van der Waals surface area contributed by atoms with Crippen molar-refractivity contribution in [2.24, 2.45) is 23.7 Å². The van der Waals surface area contributed by atoms with Crippen molar-refractivity contribution < 1.29 is 0 Å². The highest BCUT2D eigenvalue weighted by Crippen LogP contribution is 2.41. The zero-order chi connectivity index (χ0) is 16.2. The molecule has 4 atom stereocenters. The van der Waals surface area contributed by atoms with Gasteiger partial charge in [0, 0.05) is 19.6 Å². The number of hydrogen-bond donors (Lipinski definition) is 1. The van der Waals surface area contributed by atoms with Crippen LogP contribution in [0.25, 0.3) is 0 Å². The van der Waals surface area contributed by atoms with Gasteiger partial charge in [0.05, 0.1) is 0 Å². The lowest BCUT2D eigenvalue weighted by atomic mass is 9.74. The summed E-state index contributed by atoms with van der Waals surface area (Å²) in [4.78, 5) is 2.74. The van der Waals surface area contributed by atoms with E-state index in [-0.39, 0.29) is 0 Å². The predicted octanol–water partition coefficient (Wildman–Crippen LogP) is 4.31. The first kappa shape index (κ1) is 16.6. The normalized spacial score (nSPS) is 35.2. The Bertz CT molecular complexity index is 500. The molecule has 0 aromatic heterocycles. The van der Waals surface area contributed by atoms with Gasteiger partial charge in [-0.1, -0.05) is 62.4 Å². The number of rotatable bonds is 2. The van der Waals surface area contributed by atoms with Crippen molar-refractivity contribution >= 4 is 0 Å². The number of nitrogens with one attached hydrogen (secondary N) is 1. The summed E-state index contributed by atoms with van der Waals surface area (Å²) in [6.07, 6.45) is 10.3. The van der Waals surface area contributed by atoms with Crippen LogP contribution < -0.4 is 5.32 Å². The second-order valence-electron chi connectivity index (χ2n) is 8.53. The molecule has 3 fully saturated rings. The smallest absolute Gasteiger partial charge is 0.0233 e. The second-order valence-corrected chi connectivity index (χ2v) is 8.53. The van der Waals surface area contributed by atoms with E-state index >= 15 is 0 Å². The molecule has 2 aliphatic heterocycles. The molecule has 1 aromatic carbocycles. The van der Waals surface area contributed by atoms with Gasteiger partial charge in [-0.2, -0.15) is 0 Å². The van der Waals surface area contributed by atoms with Gasteiger partial charge in [0.15, 0.2) is 0 Å². The molecule has 1 aromatic rings. The summed E-state index contributed by atoms with van der Waals surface area (Å²) < 4.78 is 0. The molecule has 1 aliphatic carbocycles.